The first-order valence-corrected chi connectivity index (χ1v) is 6.66. The molecule has 1 N–H and O–H groups in total. The van der Waals surface area contributed by atoms with Crippen LogP contribution in [0.3, 0.4) is 0 Å². The van der Waals surface area contributed by atoms with E-state index in [9.17, 15) is 4.79 Å². The number of benzene rings is 2. The first-order chi connectivity index (χ1) is 9.56. The quantitative estimate of drug-likeness (QED) is 0.919. The summed E-state index contributed by atoms with van der Waals surface area (Å²) in [7, 11) is 0. The van der Waals surface area contributed by atoms with Gasteiger partial charge >= 0.3 is 0 Å². The van der Waals surface area contributed by atoms with E-state index in [-0.39, 0.29) is 5.91 Å². The highest BCUT2D eigenvalue weighted by Gasteiger charge is 2.15. The average Bonchev–Trinajstić information content (AvgIpc) is 2.44. The van der Waals surface area contributed by atoms with E-state index in [0.29, 0.717) is 5.75 Å². The van der Waals surface area contributed by atoms with Crippen molar-refractivity contribution in [1.29, 1.82) is 0 Å². The molecule has 2 aromatic rings. The van der Waals surface area contributed by atoms with Crippen molar-refractivity contribution in [2.75, 3.05) is 5.32 Å². The van der Waals surface area contributed by atoms with Crippen LogP contribution in [-0.4, -0.2) is 12.0 Å². The Kier molecular flexibility index (Phi) is 4.41. The minimum absolute atomic E-state index is 0.153. The molecule has 1 unspecified atom stereocenters. The molecule has 2 rings (SSSR count). The van der Waals surface area contributed by atoms with Crippen LogP contribution in [0.25, 0.3) is 0 Å². The molecule has 3 heteroatoms. The Labute approximate surface area is 119 Å². The molecule has 0 aliphatic rings. The van der Waals surface area contributed by atoms with Crippen molar-refractivity contribution in [2.45, 2.75) is 26.9 Å². The third kappa shape index (κ3) is 3.60. The maximum absolute atomic E-state index is 12.1. The highest BCUT2D eigenvalue weighted by atomic mass is 16.5. The van der Waals surface area contributed by atoms with Crippen molar-refractivity contribution in [2.24, 2.45) is 0 Å². The van der Waals surface area contributed by atoms with Gasteiger partial charge in [-0.2, -0.15) is 0 Å². The Morgan fingerprint density at radius 2 is 1.70 bits per heavy atom. The van der Waals surface area contributed by atoms with E-state index in [2.05, 4.69) is 5.32 Å². The van der Waals surface area contributed by atoms with Crippen LogP contribution in [0.1, 0.15) is 18.1 Å². The topological polar surface area (TPSA) is 38.3 Å². The van der Waals surface area contributed by atoms with Gasteiger partial charge in [0.05, 0.1) is 0 Å². The lowest BCUT2D eigenvalue weighted by Gasteiger charge is -2.15. The fourth-order valence-electron chi connectivity index (χ4n) is 1.82. The molecule has 1 amide bonds. The number of anilines is 1. The van der Waals surface area contributed by atoms with Crippen LogP contribution in [0, 0.1) is 13.8 Å². The van der Waals surface area contributed by atoms with E-state index in [0.717, 1.165) is 16.8 Å². The lowest BCUT2D eigenvalue weighted by molar-refractivity contribution is -0.122. The maximum Gasteiger partial charge on any atom is 0.265 e. The van der Waals surface area contributed by atoms with Crippen LogP contribution in [-0.2, 0) is 4.79 Å². The average molecular weight is 269 g/mol. The molecule has 0 aliphatic heterocycles. The van der Waals surface area contributed by atoms with Crippen LogP contribution >= 0.6 is 0 Å². The van der Waals surface area contributed by atoms with Gasteiger partial charge in [-0.05, 0) is 44.5 Å². The molecule has 0 radical (unpaired) electrons. The number of para-hydroxylation sites is 1. The van der Waals surface area contributed by atoms with Crippen LogP contribution < -0.4 is 10.1 Å². The van der Waals surface area contributed by atoms with Crippen LogP contribution in [0.5, 0.6) is 5.75 Å². The first-order valence-electron chi connectivity index (χ1n) is 6.66. The number of hydrogen-bond donors (Lipinski definition) is 1. The van der Waals surface area contributed by atoms with Gasteiger partial charge in [-0.3, -0.25) is 4.79 Å². The molecular weight excluding hydrogens is 250 g/mol. The van der Waals surface area contributed by atoms with Gasteiger partial charge in [-0.1, -0.05) is 35.9 Å². The molecular formula is C17H19NO2. The second-order valence-corrected chi connectivity index (χ2v) is 4.88. The van der Waals surface area contributed by atoms with Gasteiger partial charge in [0, 0.05) is 5.69 Å². The van der Waals surface area contributed by atoms with E-state index in [1.54, 1.807) is 6.92 Å². The lowest BCUT2D eigenvalue weighted by atomic mass is 10.2. The summed E-state index contributed by atoms with van der Waals surface area (Å²) < 4.78 is 5.63. The van der Waals surface area contributed by atoms with Crippen molar-refractivity contribution in [1.82, 2.24) is 0 Å². The number of ether oxygens (including phenoxy) is 1. The Morgan fingerprint density at radius 3 is 2.35 bits per heavy atom. The summed E-state index contributed by atoms with van der Waals surface area (Å²) in [5.41, 5.74) is 3.01. The summed E-state index contributed by atoms with van der Waals surface area (Å²) in [6, 6.07) is 15.3. The van der Waals surface area contributed by atoms with Crippen molar-refractivity contribution in [3.63, 3.8) is 0 Å². The largest absolute Gasteiger partial charge is 0.481 e. The zero-order valence-corrected chi connectivity index (χ0v) is 12.0. The van der Waals surface area contributed by atoms with E-state index in [1.807, 2.05) is 62.4 Å². The van der Waals surface area contributed by atoms with E-state index < -0.39 is 6.10 Å². The second-order valence-electron chi connectivity index (χ2n) is 4.88. The summed E-state index contributed by atoms with van der Waals surface area (Å²) in [6.07, 6.45) is -0.544. The zero-order valence-electron chi connectivity index (χ0n) is 12.0. The molecule has 20 heavy (non-hydrogen) atoms. The van der Waals surface area contributed by atoms with Crippen molar-refractivity contribution in [3.8, 4) is 5.75 Å². The maximum atomic E-state index is 12.1. The van der Waals surface area contributed by atoms with Gasteiger partial charge < -0.3 is 10.1 Å². The predicted molar refractivity (Wildman–Crippen MR) is 81.1 cm³/mol. The van der Waals surface area contributed by atoms with Gasteiger partial charge in [0.1, 0.15) is 5.75 Å². The number of nitrogens with one attached hydrogen (secondary N) is 1. The minimum atomic E-state index is -0.544. The summed E-state index contributed by atoms with van der Waals surface area (Å²) >= 11 is 0. The molecule has 0 fully saturated rings. The van der Waals surface area contributed by atoms with Crippen LogP contribution in [0.2, 0.25) is 0 Å². The molecule has 0 aromatic heterocycles. The van der Waals surface area contributed by atoms with Crippen molar-refractivity contribution in [3.05, 3.63) is 59.7 Å². The summed E-state index contributed by atoms with van der Waals surface area (Å²) in [4.78, 5) is 12.1. The van der Waals surface area contributed by atoms with Crippen molar-refractivity contribution < 1.29 is 9.53 Å². The molecule has 0 heterocycles. The first kappa shape index (κ1) is 14.1. The molecule has 0 aliphatic carbocycles. The normalized spacial score (nSPS) is 11.8. The zero-order chi connectivity index (χ0) is 14.5. The molecule has 104 valence electrons. The Morgan fingerprint density at radius 1 is 1.05 bits per heavy atom. The van der Waals surface area contributed by atoms with Gasteiger partial charge in [-0.15, -0.1) is 0 Å². The number of hydrogen-bond acceptors (Lipinski definition) is 2. The Bertz CT molecular complexity index is 590. The Hall–Kier alpha value is -2.29. The number of carbonyl (C=O) groups is 1. The minimum Gasteiger partial charge on any atom is -0.481 e. The fourth-order valence-corrected chi connectivity index (χ4v) is 1.82. The van der Waals surface area contributed by atoms with Gasteiger partial charge in [0.2, 0.25) is 0 Å². The molecule has 0 spiro atoms. The SMILES string of the molecule is Cc1ccc(OC(C)C(=O)Nc2ccccc2C)cc1. The second kappa shape index (κ2) is 6.24. The summed E-state index contributed by atoms with van der Waals surface area (Å²) in [5.74, 6) is 0.544. The summed E-state index contributed by atoms with van der Waals surface area (Å²) in [5, 5.41) is 2.88. The number of amides is 1. The van der Waals surface area contributed by atoms with Crippen LogP contribution in [0.4, 0.5) is 5.69 Å². The predicted octanol–water partition coefficient (Wildman–Crippen LogP) is 3.71. The van der Waals surface area contributed by atoms with Crippen LogP contribution in [0.15, 0.2) is 48.5 Å². The summed E-state index contributed by atoms with van der Waals surface area (Å²) in [6.45, 7) is 5.71. The molecule has 1 atom stereocenters. The Balaban J connectivity index is 1.99. The molecule has 3 nitrogen and oxygen atoms in total. The van der Waals surface area contributed by atoms with E-state index in [1.165, 1.54) is 0 Å². The fraction of sp³-hybridized carbons (Fsp3) is 0.235. The third-order valence-corrected chi connectivity index (χ3v) is 3.11. The van der Waals surface area contributed by atoms with E-state index >= 15 is 0 Å². The highest BCUT2D eigenvalue weighted by Crippen LogP contribution is 2.16. The number of aryl methyl sites for hydroxylation is 2. The van der Waals surface area contributed by atoms with Gasteiger partial charge in [0.15, 0.2) is 6.10 Å². The third-order valence-electron chi connectivity index (χ3n) is 3.11. The smallest absolute Gasteiger partial charge is 0.265 e. The number of carbonyl (C=O) groups excluding carboxylic acids is 1. The highest BCUT2D eigenvalue weighted by molar-refractivity contribution is 5.94. The van der Waals surface area contributed by atoms with Gasteiger partial charge in [-0.25, -0.2) is 0 Å². The number of rotatable bonds is 4. The molecule has 2 aromatic carbocycles. The standard InChI is InChI=1S/C17H19NO2/c1-12-8-10-15(11-9-12)20-14(3)17(19)18-16-7-5-4-6-13(16)2/h4-11,14H,1-3H3,(H,18,19). The molecule has 0 bridgehead atoms. The van der Waals surface area contributed by atoms with E-state index in [4.69, 9.17) is 4.74 Å². The molecule has 0 saturated heterocycles. The molecule has 0 saturated carbocycles. The van der Waals surface area contributed by atoms with Crippen molar-refractivity contribution >= 4 is 11.6 Å². The van der Waals surface area contributed by atoms with Gasteiger partial charge in [0.25, 0.3) is 5.91 Å². The monoisotopic (exact) mass is 269 g/mol. The lowest BCUT2D eigenvalue weighted by Crippen LogP contribution is -2.30.